The normalized spacial score (nSPS) is 11.4. The lowest BCUT2D eigenvalue weighted by Gasteiger charge is -2.15. The summed E-state index contributed by atoms with van der Waals surface area (Å²) in [5.41, 5.74) is 2.88. The van der Waals surface area contributed by atoms with Gasteiger partial charge in [0.1, 0.15) is 11.5 Å². The number of nitrogens with one attached hydrogen (secondary N) is 1. The van der Waals surface area contributed by atoms with Crippen LogP contribution in [0.2, 0.25) is 0 Å². The van der Waals surface area contributed by atoms with Gasteiger partial charge in [0, 0.05) is 6.54 Å². The maximum atomic E-state index is 12.1. The lowest BCUT2D eigenvalue weighted by atomic mass is 10.1. The minimum atomic E-state index is -0.905. The van der Waals surface area contributed by atoms with Crippen molar-refractivity contribution in [1.82, 2.24) is 5.32 Å². The van der Waals surface area contributed by atoms with E-state index in [0.29, 0.717) is 12.3 Å². The SMILES string of the molecule is COc1ccc(CNC(=O)[C@H](C)OC(=O)COc2cc(C)ccc2C)cc1. The molecule has 144 valence electrons. The highest BCUT2D eigenvalue weighted by Crippen LogP contribution is 2.19. The molecule has 0 heterocycles. The standard InChI is InChI=1S/C21H25NO5/c1-14-5-6-15(2)19(11-14)26-13-20(23)27-16(3)21(24)22-12-17-7-9-18(25-4)10-8-17/h5-11,16H,12-13H2,1-4H3,(H,22,24)/t16-/m0/s1. The fourth-order valence-electron chi connectivity index (χ4n) is 2.36. The van der Waals surface area contributed by atoms with E-state index in [4.69, 9.17) is 14.2 Å². The van der Waals surface area contributed by atoms with Crippen LogP contribution in [0.25, 0.3) is 0 Å². The molecule has 0 fully saturated rings. The number of ether oxygens (including phenoxy) is 3. The first-order valence-corrected chi connectivity index (χ1v) is 8.69. The van der Waals surface area contributed by atoms with E-state index >= 15 is 0 Å². The molecule has 0 radical (unpaired) electrons. The van der Waals surface area contributed by atoms with Crippen molar-refractivity contribution in [3.8, 4) is 11.5 Å². The van der Waals surface area contributed by atoms with Gasteiger partial charge in [-0.05, 0) is 55.7 Å². The summed E-state index contributed by atoms with van der Waals surface area (Å²) in [6.45, 7) is 5.46. The summed E-state index contributed by atoms with van der Waals surface area (Å²) in [6, 6.07) is 13.1. The van der Waals surface area contributed by atoms with Crippen molar-refractivity contribution in [2.24, 2.45) is 0 Å². The summed E-state index contributed by atoms with van der Waals surface area (Å²) in [6.07, 6.45) is -0.905. The smallest absolute Gasteiger partial charge is 0.344 e. The molecule has 0 saturated carbocycles. The number of carbonyl (C=O) groups is 2. The summed E-state index contributed by atoms with van der Waals surface area (Å²) in [7, 11) is 1.59. The molecule has 1 atom stereocenters. The van der Waals surface area contributed by atoms with Gasteiger partial charge in [0.25, 0.3) is 5.91 Å². The average molecular weight is 371 g/mol. The van der Waals surface area contributed by atoms with Gasteiger partial charge in [-0.25, -0.2) is 4.79 Å². The van der Waals surface area contributed by atoms with Crippen molar-refractivity contribution < 1.29 is 23.8 Å². The van der Waals surface area contributed by atoms with E-state index < -0.39 is 12.1 Å². The molecule has 0 aromatic heterocycles. The van der Waals surface area contributed by atoms with Crippen LogP contribution in [0, 0.1) is 13.8 Å². The molecule has 6 heteroatoms. The minimum Gasteiger partial charge on any atom is -0.497 e. The van der Waals surface area contributed by atoms with E-state index in [2.05, 4.69) is 5.32 Å². The first-order chi connectivity index (χ1) is 12.9. The molecular weight excluding hydrogens is 346 g/mol. The topological polar surface area (TPSA) is 73.9 Å². The second-order valence-corrected chi connectivity index (χ2v) is 6.26. The van der Waals surface area contributed by atoms with Crippen LogP contribution in [-0.2, 0) is 20.9 Å². The van der Waals surface area contributed by atoms with Gasteiger partial charge in [0.2, 0.25) is 0 Å². The van der Waals surface area contributed by atoms with Crippen LogP contribution in [-0.4, -0.2) is 31.7 Å². The van der Waals surface area contributed by atoms with Crippen LogP contribution in [0.4, 0.5) is 0 Å². The quantitative estimate of drug-likeness (QED) is 0.722. The Labute approximate surface area is 159 Å². The first kappa shape index (κ1) is 20.3. The van der Waals surface area contributed by atoms with Gasteiger partial charge >= 0.3 is 5.97 Å². The summed E-state index contributed by atoms with van der Waals surface area (Å²) in [4.78, 5) is 24.0. The molecule has 0 spiro atoms. The summed E-state index contributed by atoms with van der Waals surface area (Å²) in [5.74, 6) is 0.411. The van der Waals surface area contributed by atoms with Crippen LogP contribution >= 0.6 is 0 Å². The molecule has 0 bridgehead atoms. The molecule has 0 aliphatic carbocycles. The van der Waals surface area contributed by atoms with E-state index in [1.54, 1.807) is 7.11 Å². The third-order valence-electron chi connectivity index (χ3n) is 3.99. The molecule has 0 aliphatic rings. The van der Waals surface area contributed by atoms with Gasteiger partial charge in [-0.2, -0.15) is 0 Å². The number of benzene rings is 2. The van der Waals surface area contributed by atoms with Gasteiger partial charge in [-0.15, -0.1) is 0 Å². The zero-order valence-electron chi connectivity index (χ0n) is 16.1. The molecule has 27 heavy (non-hydrogen) atoms. The van der Waals surface area contributed by atoms with E-state index in [-0.39, 0.29) is 12.5 Å². The maximum Gasteiger partial charge on any atom is 0.344 e. The lowest BCUT2D eigenvalue weighted by molar-refractivity contribution is -0.156. The Balaban J connectivity index is 1.77. The van der Waals surface area contributed by atoms with Crippen molar-refractivity contribution in [3.63, 3.8) is 0 Å². The molecular formula is C21H25NO5. The zero-order chi connectivity index (χ0) is 19.8. The number of carbonyl (C=O) groups excluding carboxylic acids is 2. The average Bonchev–Trinajstić information content (AvgIpc) is 2.67. The Morgan fingerprint density at radius 2 is 1.78 bits per heavy atom. The third-order valence-corrected chi connectivity index (χ3v) is 3.99. The Morgan fingerprint density at radius 3 is 2.44 bits per heavy atom. The van der Waals surface area contributed by atoms with Crippen LogP contribution < -0.4 is 14.8 Å². The van der Waals surface area contributed by atoms with Crippen molar-refractivity contribution >= 4 is 11.9 Å². The van der Waals surface area contributed by atoms with Crippen LogP contribution in [0.15, 0.2) is 42.5 Å². The van der Waals surface area contributed by atoms with Gasteiger partial charge in [-0.3, -0.25) is 4.79 Å². The van der Waals surface area contributed by atoms with E-state index in [9.17, 15) is 9.59 Å². The molecule has 0 saturated heterocycles. The molecule has 2 aromatic carbocycles. The zero-order valence-corrected chi connectivity index (χ0v) is 16.1. The van der Waals surface area contributed by atoms with Gasteiger partial charge in [0.15, 0.2) is 12.7 Å². The first-order valence-electron chi connectivity index (χ1n) is 8.69. The molecule has 1 amide bonds. The van der Waals surface area contributed by atoms with Crippen molar-refractivity contribution in [3.05, 3.63) is 59.2 Å². The molecule has 1 N–H and O–H groups in total. The highest BCUT2D eigenvalue weighted by molar-refractivity contribution is 5.83. The fraction of sp³-hybridized carbons (Fsp3) is 0.333. The summed E-state index contributed by atoms with van der Waals surface area (Å²) < 4.78 is 15.7. The second kappa shape index (κ2) is 9.62. The van der Waals surface area contributed by atoms with Crippen LogP contribution in [0.5, 0.6) is 11.5 Å². The van der Waals surface area contributed by atoms with Gasteiger partial charge in [-0.1, -0.05) is 24.3 Å². The molecule has 6 nitrogen and oxygen atoms in total. The molecule has 2 rings (SSSR count). The number of rotatable bonds is 8. The van der Waals surface area contributed by atoms with E-state index in [1.807, 2.05) is 56.3 Å². The van der Waals surface area contributed by atoms with Crippen molar-refractivity contribution in [2.45, 2.75) is 33.4 Å². The summed E-state index contributed by atoms with van der Waals surface area (Å²) in [5, 5.41) is 2.73. The minimum absolute atomic E-state index is 0.250. The van der Waals surface area contributed by atoms with Gasteiger partial charge in [0.05, 0.1) is 7.11 Å². The monoisotopic (exact) mass is 371 g/mol. The Kier molecular flexibility index (Phi) is 7.23. The largest absolute Gasteiger partial charge is 0.497 e. The highest BCUT2D eigenvalue weighted by atomic mass is 16.6. The second-order valence-electron chi connectivity index (χ2n) is 6.26. The van der Waals surface area contributed by atoms with E-state index in [1.165, 1.54) is 6.92 Å². The number of hydrogen-bond acceptors (Lipinski definition) is 5. The maximum absolute atomic E-state index is 12.1. The molecule has 2 aromatic rings. The third kappa shape index (κ3) is 6.33. The molecule has 0 aliphatic heterocycles. The predicted molar refractivity (Wildman–Crippen MR) is 102 cm³/mol. The van der Waals surface area contributed by atoms with Crippen LogP contribution in [0.3, 0.4) is 0 Å². The number of amides is 1. The van der Waals surface area contributed by atoms with Gasteiger partial charge < -0.3 is 19.5 Å². The van der Waals surface area contributed by atoms with Crippen molar-refractivity contribution in [2.75, 3.05) is 13.7 Å². The Bertz CT molecular complexity index is 786. The Morgan fingerprint density at radius 1 is 1.07 bits per heavy atom. The number of esters is 1. The number of aryl methyl sites for hydroxylation is 2. The van der Waals surface area contributed by atoms with Crippen molar-refractivity contribution in [1.29, 1.82) is 0 Å². The number of hydrogen-bond donors (Lipinski definition) is 1. The Hall–Kier alpha value is -3.02. The predicted octanol–water partition coefficient (Wildman–Crippen LogP) is 2.94. The lowest BCUT2D eigenvalue weighted by Crippen LogP contribution is -2.36. The van der Waals surface area contributed by atoms with Crippen LogP contribution in [0.1, 0.15) is 23.6 Å². The van der Waals surface area contributed by atoms with E-state index in [0.717, 1.165) is 22.4 Å². The fourth-order valence-corrected chi connectivity index (χ4v) is 2.36. The molecule has 0 unspecified atom stereocenters. The highest BCUT2D eigenvalue weighted by Gasteiger charge is 2.18. The number of methoxy groups -OCH3 is 1. The summed E-state index contributed by atoms with van der Waals surface area (Å²) >= 11 is 0.